The summed E-state index contributed by atoms with van der Waals surface area (Å²) in [7, 11) is 0. The van der Waals surface area contributed by atoms with E-state index in [1.54, 1.807) is 0 Å². The number of anilines is 3. The monoisotopic (exact) mass is 274 g/mol. The van der Waals surface area contributed by atoms with Gasteiger partial charge in [0, 0.05) is 17.9 Å². The Labute approximate surface area is 119 Å². The molecule has 2 N–H and O–H groups in total. The Bertz CT molecular complexity index is 593. The molecular formula is C16H19ClN2. The third kappa shape index (κ3) is 2.69. The summed E-state index contributed by atoms with van der Waals surface area (Å²) < 4.78 is 0. The van der Waals surface area contributed by atoms with Gasteiger partial charge < -0.3 is 10.6 Å². The second kappa shape index (κ2) is 5.54. The SMILES string of the molecule is CCN(c1ccccc1C)c1cc(Cl)c(N)cc1C. The van der Waals surface area contributed by atoms with E-state index in [2.05, 4.69) is 49.9 Å². The molecule has 0 saturated heterocycles. The Balaban J connectivity index is 2.55. The summed E-state index contributed by atoms with van der Waals surface area (Å²) in [5, 5.41) is 0.604. The van der Waals surface area contributed by atoms with Crippen LogP contribution in [0.15, 0.2) is 36.4 Å². The summed E-state index contributed by atoms with van der Waals surface area (Å²) in [6.45, 7) is 7.19. The van der Waals surface area contributed by atoms with E-state index in [-0.39, 0.29) is 0 Å². The van der Waals surface area contributed by atoms with Crippen molar-refractivity contribution < 1.29 is 0 Å². The van der Waals surface area contributed by atoms with Gasteiger partial charge in [0.15, 0.2) is 0 Å². The van der Waals surface area contributed by atoms with Crippen LogP contribution in [0.4, 0.5) is 17.1 Å². The Hall–Kier alpha value is -1.67. The van der Waals surface area contributed by atoms with Crippen LogP contribution >= 0.6 is 11.6 Å². The number of nitrogen functional groups attached to an aromatic ring is 1. The number of para-hydroxylation sites is 1. The zero-order valence-electron chi connectivity index (χ0n) is 11.6. The molecule has 0 saturated carbocycles. The van der Waals surface area contributed by atoms with Crippen LogP contribution in [0.3, 0.4) is 0 Å². The molecule has 100 valence electrons. The normalized spacial score (nSPS) is 10.5. The quantitative estimate of drug-likeness (QED) is 0.822. The van der Waals surface area contributed by atoms with Crippen LogP contribution in [0.2, 0.25) is 5.02 Å². The van der Waals surface area contributed by atoms with Crippen LogP contribution in [0.1, 0.15) is 18.1 Å². The summed E-state index contributed by atoms with van der Waals surface area (Å²) in [4.78, 5) is 2.26. The molecule has 0 atom stereocenters. The Morgan fingerprint density at radius 3 is 2.37 bits per heavy atom. The van der Waals surface area contributed by atoms with Crippen molar-refractivity contribution in [2.45, 2.75) is 20.8 Å². The molecule has 0 unspecified atom stereocenters. The van der Waals surface area contributed by atoms with E-state index in [0.29, 0.717) is 10.7 Å². The van der Waals surface area contributed by atoms with Gasteiger partial charge >= 0.3 is 0 Å². The maximum atomic E-state index is 6.16. The highest BCUT2D eigenvalue weighted by molar-refractivity contribution is 6.33. The molecule has 19 heavy (non-hydrogen) atoms. The van der Waals surface area contributed by atoms with Gasteiger partial charge in [-0.1, -0.05) is 29.8 Å². The van der Waals surface area contributed by atoms with Crippen molar-refractivity contribution in [3.8, 4) is 0 Å². The molecule has 2 aromatic rings. The molecule has 0 aliphatic rings. The van der Waals surface area contributed by atoms with Gasteiger partial charge in [-0.15, -0.1) is 0 Å². The predicted octanol–water partition coefficient (Wildman–Crippen LogP) is 4.70. The van der Waals surface area contributed by atoms with Crippen LogP contribution in [-0.4, -0.2) is 6.54 Å². The van der Waals surface area contributed by atoms with Crippen molar-refractivity contribution in [1.82, 2.24) is 0 Å². The van der Waals surface area contributed by atoms with E-state index in [4.69, 9.17) is 17.3 Å². The van der Waals surface area contributed by atoms with Gasteiger partial charge in [-0.2, -0.15) is 0 Å². The average Bonchev–Trinajstić information content (AvgIpc) is 2.38. The molecule has 0 aromatic heterocycles. The van der Waals surface area contributed by atoms with Crippen molar-refractivity contribution in [3.63, 3.8) is 0 Å². The van der Waals surface area contributed by atoms with Gasteiger partial charge in [0.25, 0.3) is 0 Å². The second-order valence-corrected chi connectivity index (χ2v) is 5.10. The Morgan fingerprint density at radius 2 is 1.74 bits per heavy atom. The Kier molecular flexibility index (Phi) is 4.01. The van der Waals surface area contributed by atoms with Crippen LogP contribution in [-0.2, 0) is 0 Å². The standard InChI is InChI=1S/C16H19ClN2/c1-4-19(15-8-6-5-7-11(15)2)16-10-13(17)14(18)9-12(16)3/h5-10H,4,18H2,1-3H3. The van der Waals surface area contributed by atoms with E-state index < -0.39 is 0 Å². The highest BCUT2D eigenvalue weighted by Gasteiger charge is 2.13. The summed E-state index contributed by atoms with van der Waals surface area (Å²) in [6, 6.07) is 12.2. The van der Waals surface area contributed by atoms with Crippen molar-refractivity contribution in [2.24, 2.45) is 0 Å². The largest absolute Gasteiger partial charge is 0.398 e. The number of aryl methyl sites for hydroxylation is 2. The molecule has 0 amide bonds. The molecule has 0 spiro atoms. The maximum absolute atomic E-state index is 6.16. The van der Waals surface area contributed by atoms with Crippen LogP contribution < -0.4 is 10.6 Å². The molecule has 2 aromatic carbocycles. The van der Waals surface area contributed by atoms with E-state index in [9.17, 15) is 0 Å². The molecule has 0 aliphatic carbocycles. The molecular weight excluding hydrogens is 256 g/mol. The number of rotatable bonds is 3. The first-order valence-corrected chi connectivity index (χ1v) is 6.81. The topological polar surface area (TPSA) is 29.3 Å². The zero-order valence-corrected chi connectivity index (χ0v) is 12.3. The fraction of sp³-hybridized carbons (Fsp3) is 0.250. The highest BCUT2D eigenvalue weighted by atomic mass is 35.5. The van der Waals surface area contributed by atoms with E-state index >= 15 is 0 Å². The molecule has 3 heteroatoms. The first kappa shape index (κ1) is 13.8. The fourth-order valence-corrected chi connectivity index (χ4v) is 2.48. The first-order chi connectivity index (χ1) is 9.04. The lowest BCUT2D eigenvalue weighted by Gasteiger charge is -2.27. The van der Waals surface area contributed by atoms with E-state index in [1.165, 1.54) is 11.3 Å². The summed E-state index contributed by atoms with van der Waals surface area (Å²) in [5.74, 6) is 0. The third-order valence-electron chi connectivity index (χ3n) is 3.33. The van der Waals surface area contributed by atoms with Gasteiger partial charge in [-0.25, -0.2) is 0 Å². The van der Waals surface area contributed by atoms with Gasteiger partial charge in [-0.3, -0.25) is 0 Å². The van der Waals surface area contributed by atoms with Crippen molar-refractivity contribution >= 4 is 28.7 Å². The van der Waals surface area contributed by atoms with Crippen molar-refractivity contribution in [1.29, 1.82) is 0 Å². The lowest BCUT2D eigenvalue weighted by atomic mass is 10.1. The third-order valence-corrected chi connectivity index (χ3v) is 3.66. The van der Waals surface area contributed by atoms with Crippen LogP contribution in [0.25, 0.3) is 0 Å². The van der Waals surface area contributed by atoms with Gasteiger partial charge in [-0.05, 0) is 50.1 Å². The minimum atomic E-state index is 0.604. The summed E-state index contributed by atoms with van der Waals surface area (Å²) >= 11 is 6.16. The zero-order chi connectivity index (χ0) is 14.0. The summed E-state index contributed by atoms with van der Waals surface area (Å²) in [5.41, 5.74) is 11.2. The number of hydrogen-bond donors (Lipinski definition) is 1. The number of halogens is 1. The lowest BCUT2D eigenvalue weighted by Crippen LogP contribution is -2.18. The molecule has 0 fully saturated rings. The minimum absolute atomic E-state index is 0.604. The predicted molar refractivity (Wildman–Crippen MR) is 84.5 cm³/mol. The molecule has 0 bridgehead atoms. The van der Waals surface area contributed by atoms with E-state index in [1.807, 2.05) is 12.1 Å². The summed E-state index contributed by atoms with van der Waals surface area (Å²) in [6.07, 6.45) is 0. The van der Waals surface area contributed by atoms with Gasteiger partial charge in [0.2, 0.25) is 0 Å². The molecule has 2 rings (SSSR count). The Morgan fingerprint density at radius 1 is 1.05 bits per heavy atom. The molecule has 0 aliphatic heterocycles. The molecule has 2 nitrogen and oxygen atoms in total. The molecule has 0 heterocycles. The fourth-order valence-electron chi connectivity index (χ4n) is 2.32. The highest BCUT2D eigenvalue weighted by Crippen LogP contribution is 2.34. The number of hydrogen-bond acceptors (Lipinski definition) is 2. The van der Waals surface area contributed by atoms with Crippen LogP contribution in [0.5, 0.6) is 0 Å². The maximum Gasteiger partial charge on any atom is 0.0656 e. The van der Waals surface area contributed by atoms with Gasteiger partial charge in [0.1, 0.15) is 0 Å². The average molecular weight is 275 g/mol. The lowest BCUT2D eigenvalue weighted by molar-refractivity contribution is 1.01. The van der Waals surface area contributed by atoms with Gasteiger partial charge in [0.05, 0.1) is 10.7 Å². The minimum Gasteiger partial charge on any atom is -0.398 e. The smallest absolute Gasteiger partial charge is 0.0656 e. The number of benzene rings is 2. The first-order valence-electron chi connectivity index (χ1n) is 6.43. The van der Waals surface area contributed by atoms with Crippen molar-refractivity contribution in [2.75, 3.05) is 17.2 Å². The van der Waals surface area contributed by atoms with Crippen molar-refractivity contribution in [3.05, 3.63) is 52.5 Å². The number of nitrogens with two attached hydrogens (primary N) is 1. The van der Waals surface area contributed by atoms with Crippen LogP contribution in [0, 0.1) is 13.8 Å². The number of nitrogens with zero attached hydrogens (tertiary/aromatic N) is 1. The molecule has 0 radical (unpaired) electrons. The second-order valence-electron chi connectivity index (χ2n) is 4.69. The van der Waals surface area contributed by atoms with E-state index in [0.717, 1.165) is 17.8 Å².